The molecule has 0 unspecified atom stereocenters. The fraction of sp³-hybridized carbons (Fsp3) is 0.0556. The lowest BCUT2D eigenvalue weighted by molar-refractivity contribution is 0.603. The Balaban J connectivity index is 1.73. The highest BCUT2D eigenvalue weighted by Gasteiger charge is 2.14. The zero-order valence-corrected chi connectivity index (χ0v) is 12.6. The summed E-state index contributed by atoms with van der Waals surface area (Å²) in [6.45, 7) is 0.529. The monoisotopic (exact) mass is 320 g/mol. The van der Waals surface area contributed by atoms with Gasteiger partial charge in [0.05, 0.1) is 17.6 Å². The Labute approximate surface area is 137 Å². The molecule has 24 heavy (non-hydrogen) atoms. The number of fused-ring (bicyclic) bond motifs is 1. The Morgan fingerprint density at radius 1 is 1.00 bits per heavy atom. The van der Waals surface area contributed by atoms with Crippen LogP contribution >= 0.6 is 0 Å². The van der Waals surface area contributed by atoms with E-state index >= 15 is 0 Å². The van der Waals surface area contributed by atoms with Gasteiger partial charge in [-0.15, -0.1) is 0 Å². The molecule has 0 bridgehead atoms. The van der Waals surface area contributed by atoms with E-state index in [1.807, 2.05) is 18.2 Å². The SMILES string of the molecule is Fc1ccc(-c2coc3ncnc(NCc4ccccn4)c23)cc1. The van der Waals surface area contributed by atoms with Crippen molar-refractivity contribution < 1.29 is 8.81 Å². The fourth-order valence-corrected chi connectivity index (χ4v) is 2.53. The molecule has 0 aliphatic heterocycles. The smallest absolute Gasteiger partial charge is 0.231 e. The van der Waals surface area contributed by atoms with Crippen LogP contribution in [0.3, 0.4) is 0 Å². The van der Waals surface area contributed by atoms with Gasteiger partial charge in [0.25, 0.3) is 0 Å². The summed E-state index contributed by atoms with van der Waals surface area (Å²) in [7, 11) is 0. The van der Waals surface area contributed by atoms with Gasteiger partial charge in [0, 0.05) is 11.8 Å². The van der Waals surface area contributed by atoms with E-state index in [-0.39, 0.29) is 5.82 Å². The van der Waals surface area contributed by atoms with Crippen molar-refractivity contribution in [2.75, 3.05) is 5.32 Å². The second-order valence-electron chi connectivity index (χ2n) is 5.23. The Kier molecular flexibility index (Phi) is 3.63. The number of pyridine rings is 1. The van der Waals surface area contributed by atoms with Crippen molar-refractivity contribution in [3.05, 3.63) is 72.8 Å². The molecule has 0 saturated carbocycles. The number of nitrogens with one attached hydrogen (secondary N) is 1. The van der Waals surface area contributed by atoms with E-state index < -0.39 is 0 Å². The molecule has 6 heteroatoms. The summed E-state index contributed by atoms with van der Waals surface area (Å²) in [4.78, 5) is 12.7. The standard InChI is InChI=1S/C18H13FN4O/c19-13-6-4-12(5-7-13)15-10-24-18-16(15)17(22-11-23-18)21-9-14-3-1-2-8-20-14/h1-8,10-11H,9H2,(H,21,22,23). The van der Waals surface area contributed by atoms with E-state index in [4.69, 9.17) is 4.42 Å². The van der Waals surface area contributed by atoms with E-state index in [1.165, 1.54) is 18.5 Å². The molecule has 0 amide bonds. The molecule has 3 heterocycles. The summed E-state index contributed by atoms with van der Waals surface area (Å²) < 4.78 is 18.7. The van der Waals surface area contributed by atoms with Crippen molar-refractivity contribution in [2.24, 2.45) is 0 Å². The molecule has 0 atom stereocenters. The highest BCUT2D eigenvalue weighted by Crippen LogP contribution is 2.33. The number of furan rings is 1. The van der Waals surface area contributed by atoms with Gasteiger partial charge in [-0.2, -0.15) is 0 Å². The molecule has 5 nitrogen and oxygen atoms in total. The Hall–Kier alpha value is -3.28. The zero-order chi connectivity index (χ0) is 16.4. The summed E-state index contributed by atoms with van der Waals surface area (Å²) in [5.41, 5.74) is 3.03. The van der Waals surface area contributed by atoms with Crippen LogP contribution in [0, 0.1) is 5.82 Å². The topological polar surface area (TPSA) is 63.8 Å². The van der Waals surface area contributed by atoms with Gasteiger partial charge in [0.2, 0.25) is 5.71 Å². The Morgan fingerprint density at radius 3 is 2.67 bits per heavy atom. The van der Waals surface area contributed by atoms with Gasteiger partial charge in [-0.3, -0.25) is 4.98 Å². The van der Waals surface area contributed by atoms with Gasteiger partial charge in [0.15, 0.2) is 0 Å². The number of anilines is 1. The van der Waals surface area contributed by atoms with E-state index in [2.05, 4.69) is 20.3 Å². The fourth-order valence-electron chi connectivity index (χ4n) is 2.53. The summed E-state index contributed by atoms with van der Waals surface area (Å²) in [6, 6.07) is 12.0. The van der Waals surface area contributed by atoms with Gasteiger partial charge in [-0.1, -0.05) is 18.2 Å². The van der Waals surface area contributed by atoms with Gasteiger partial charge in [0.1, 0.15) is 24.2 Å². The number of benzene rings is 1. The molecule has 1 aromatic carbocycles. The molecular formula is C18H13FN4O. The summed E-state index contributed by atoms with van der Waals surface area (Å²) in [5, 5.41) is 4.03. The van der Waals surface area contributed by atoms with Crippen LogP contribution in [0.25, 0.3) is 22.2 Å². The molecule has 0 fully saturated rings. The number of aromatic nitrogens is 3. The Bertz CT molecular complexity index is 967. The van der Waals surface area contributed by atoms with Crippen molar-refractivity contribution in [3.63, 3.8) is 0 Å². The van der Waals surface area contributed by atoms with Gasteiger partial charge < -0.3 is 9.73 Å². The largest absolute Gasteiger partial charge is 0.445 e. The first-order valence-electron chi connectivity index (χ1n) is 7.43. The molecule has 118 valence electrons. The highest BCUT2D eigenvalue weighted by molar-refractivity contribution is 5.99. The summed E-state index contributed by atoms with van der Waals surface area (Å²) in [5.74, 6) is 0.370. The molecule has 0 aliphatic rings. The maximum absolute atomic E-state index is 13.2. The first-order chi connectivity index (χ1) is 11.8. The minimum absolute atomic E-state index is 0.281. The van der Waals surface area contributed by atoms with Gasteiger partial charge in [-0.25, -0.2) is 14.4 Å². The van der Waals surface area contributed by atoms with E-state index in [1.54, 1.807) is 24.6 Å². The lowest BCUT2D eigenvalue weighted by Gasteiger charge is -2.07. The number of rotatable bonds is 4. The lowest BCUT2D eigenvalue weighted by atomic mass is 10.1. The van der Waals surface area contributed by atoms with Gasteiger partial charge >= 0.3 is 0 Å². The number of hydrogen-bond donors (Lipinski definition) is 1. The molecule has 0 aliphatic carbocycles. The van der Waals surface area contributed by atoms with Crippen LogP contribution in [-0.4, -0.2) is 15.0 Å². The van der Waals surface area contributed by atoms with Crippen LogP contribution < -0.4 is 5.32 Å². The third-order valence-corrected chi connectivity index (χ3v) is 3.69. The molecule has 0 spiro atoms. The van der Waals surface area contributed by atoms with Crippen molar-refractivity contribution >= 4 is 16.9 Å². The molecule has 4 aromatic rings. The maximum Gasteiger partial charge on any atom is 0.231 e. The van der Waals surface area contributed by atoms with Crippen molar-refractivity contribution in [3.8, 4) is 11.1 Å². The molecule has 3 aromatic heterocycles. The van der Waals surface area contributed by atoms with Crippen LogP contribution in [0.2, 0.25) is 0 Å². The minimum atomic E-state index is -0.281. The zero-order valence-electron chi connectivity index (χ0n) is 12.6. The first kappa shape index (κ1) is 14.3. The lowest BCUT2D eigenvalue weighted by Crippen LogP contribution is -2.03. The van der Waals surface area contributed by atoms with Crippen LogP contribution in [0.15, 0.2) is 65.7 Å². The summed E-state index contributed by atoms with van der Waals surface area (Å²) in [6.07, 6.45) is 4.80. The third-order valence-electron chi connectivity index (χ3n) is 3.69. The van der Waals surface area contributed by atoms with Gasteiger partial charge in [-0.05, 0) is 29.8 Å². The average molecular weight is 320 g/mol. The number of hydrogen-bond acceptors (Lipinski definition) is 5. The van der Waals surface area contributed by atoms with Crippen molar-refractivity contribution in [1.29, 1.82) is 0 Å². The molecule has 0 saturated heterocycles. The number of nitrogens with zero attached hydrogens (tertiary/aromatic N) is 3. The van der Waals surface area contributed by atoms with Crippen molar-refractivity contribution in [1.82, 2.24) is 15.0 Å². The van der Waals surface area contributed by atoms with Crippen molar-refractivity contribution in [2.45, 2.75) is 6.54 Å². The maximum atomic E-state index is 13.2. The molecule has 1 N–H and O–H groups in total. The van der Waals surface area contributed by atoms with Crippen LogP contribution in [0.1, 0.15) is 5.69 Å². The molecule has 4 rings (SSSR count). The second kappa shape index (κ2) is 6.08. The van der Waals surface area contributed by atoms with E-state index in [0.29, 0.717) is 18.1 Å². The predicted molar refractivity (Wildman–Crippen MR) is 88.8 cm³/mol. The quantitative estimate of drug-likeness (QED) is 0.615. The second-order valence-corrected chi connectivity index (χ2v) is 5.23. The highest BCUT2D eigenvalue weighted by atomic mass is 19.1. The Morgan fingerprint density at radius 2 is 1.88 bits per heavy atom. The minimum Gasteiger partial charge on any atom is -0.445 e. The first-order valence-corrected chi connectivity index (χ1v) is 7.43. The third kappa shape index (κ3) is 2.69. The average Bonchev–Trinajstić information content (AvgIpc) is 3.06. The predicted octanol–water partition coefficient (Wildman–Crippen LogP) is 4.04. The number of halogens is 1. The summed E-state index contributed by atoms with van der Waals surface area (Å²) >= 11 is 0. The van der Waals surface area contributed by atoms with Crippen LogP contribution in [-0.2, 0) is 6.54 Å². The molecule has 0 radical (unpaired) electrons. The van der Waals surface area contributed by atoms with E-state index in [9.17, 15) is 4.39 Å². The van der Waals surface area contributed by atoms with Crippen LogP contribution in [0.5, 0.6) is 0 Å². The molecular weight excluding hydrogens is 307 g/mol. The van der Waals surface area contributed by atoms with E-state index in [0.717, 1.165) is 22.2 Å². The van der Waals surface area contributed by atoms with Crippen LogP contribution in [0.4, 0.5) is 10.2 Å². The normalized spacial score (nSPS) is 10.9.